The minimum absolute atomic E-state index is 0.618. The van der Waals surface area contributed by atoms with Crippen LogP contribution in [-0.4, -0.2) is 0 Å². The highest BCUT2D eigenvalue weighted by molar-refractivity contribution is 5.21. The molecule has 0 saturated carbocycles. The van der Waals surface area contributed by atoms with E-state index in [0.717, 1.165) is 6.07 Å². The predicted octanol–water partition coefficient (Wildman–Crippen LogP) is 2.03. The van der Waals surface area contributed by atoms with Crippen LogP contribution in [0, 0.1) is 17.5 Å². The van der Waals surface area contributed by atoms with Crippen LogP contribution in [0.1, 0.15) is 11.9 Å². The highest BCUT2D eigenvalue weighted by Gasteiger charge is 2.17. The van der Waals surface area contributed by atoms with Gasteiger partial charge in [0.05, 0.1) is 0 Å². The molecule has 0 aliphatic rings. The number of nitrogens with two attached hydrogens (primary N) is 1. The molecular formula is C7H5F4N. The minimum Gasteiger partial charge on any atom is -0.298 e. The summed E-state index contributed by atoms with van der Waals surface area (Å²) < 4.78 is 49.5. The van der Waals surface area contributed by atoms with Gasteiger partial charge in [0.1, 0.15) is 0 Å². The van der Waals surface area contributed by atoms with Crippen LogP contribution >= 0.6 is 0 Å². The summed E-state index contributed by atoms with van der Waals surface area (Å²) >= 11 is 0. The quantitative estimate of drug-likeness (QED) is 0.398. The molecule has 0 fully saturated rings. The second-order valence-corrected chi connectivity index (χ2v) is 2.17. The SMILES string of the molecule is NC(F)c1ccc(F)c(F)c1F. The standard InChI is InChI=1S/C7H5F4N/c8-4-2-1-3(7(11)12)5(9)6(4)10/h1-2,7H,12H2. The first kappa shape index (κ1) is 8.99. The Kier molecular flexibility index (Phi) is 2.32. The van der Waals surface area contributed by atoms with Gasteiger partial charge in [-0.1, -0.05) is 0 Å². The van der Waals surface area contributed by atoms with E-state index in [1.165, 1.54) is 0 Å². The first-order chi connectivity index (χ1) is 5.54. The minimum atomic E-state index is -2.14. The van der Waals surface area contributed by atoms with Crippen molar-refractivity contribution in [3.8, 4) is 0 Å². The molecule has 0 heterocycles. The second kappa shape index (κ2) is 3.10. The van der Waals surface area contributed by atoms with E-state index in [1.54, 1.807) is 0 Å². The van der Waals surface area contributed by atoms with Crippen LogP contribution in [0.15, 0.2) is 12.1 Å². The summed E-state index contributed by atoms with van der Waals surface area (Å²) in [6.07, 6.45) is -2.14. The van der Waals surface area contributed by atoms with Gasteiger partial charge in [0.25, 0.3) is 0 Å². The van der Waals surface area contributed by atoms with Crippen LogP contribution in [0.5, 0.6) is 0 Å². The van der Waals surface area contributed by atoms with Crippen LogP contribution < -0.4 is 5.73 Å². The Labute approximate surface area is 65.8 Å². The van der Waals surface area contributed by atoms with Crippen LogP contribution in [0.4, 0.5) is 17.6 Å². The molecule has 12 heavy (non-hydrogen) atoms. The van der Waals surface area contributed by atoms with Crippen molar-refractivity contribution in [3.63, 3.8) is 0 Å². The van der Waals surface area contributed by atoms with Crippen molar-refractivity contribution < 1.29 is 17.6 Å². The van der Waals surface area contributed by atoms with Gasteiger partial charge >= 0.3 is 0 Å². The van der Waals surface area contributed by atoms with Gasteiger partial charge in [-0.05, 0) is 12.1 Å². The van der Waals surface area contributed by atoms with Gasteiger partial charge in [-0.25, -0.2) is 17.6 Å². The topological polar surface area (TPSA) is 26.0 Å². The Morgan fingerprint density at radius 3 is 2.17 bits per heavy atom. The number of hydrogen-bond acceptors (Lipinski definition) is 1. The maximum atomic E-state index is 12.6. The van der Waals surface area contributed by atoms with Crippen molar-refractivity contribution in [1.29, 1.82) is 0 Å². The third-order valence-corrected chi connectivity index (χ3v) is 1.36. The number of hydrogen-bond donors (Lipinski definition) is 1. The van der Waals surface area contributed by atoms with Crippen LogP contribution in [0.25, 0.3) is 0 Å². The molecule has 1 aromatic carbocycles. The van der Waals surface area contributed by atoms with Crippen molar-refractivity contribution in [2.75, 3.05) is 0 Å². The van der Waals surface area contributed by atoms with Gasteiger partial charge in [-0.2, -0.15) is 0 Å². The molecule has 1 rings (SSSR count). The summed E-state index contributed by atoms with van der Waals surface area (Å²) in [6.45, 7) is 0. The molecule has 1 atom stereocenters. The largest absolute Gasteiger partial charge is 0.298 e. The first-order valence-corrected chi connectivity index (χ1v) is 3.07. The first-order valence-electron chi connectivity index (χ1n) is 3.07. The highest BCUT2D eigenvalue weighted by atomic mass is 19.2. The number of alkyl halides is 1. The lowest BCUT2D eigenvalue weighted by Crippen LogP contribution is -2.08. The Morgan fingerprint density at radius 2 is 1.67 bits per heavy atom. The van der Waals surface area contributed by atoms with E-state index in [4.69, 9.17) is 0 Å². The van der Waals surface area contributed by atoms with Crippen LogP contribution in [0.2, 0.25) is 0 Å². The van der Waals surface area contributed by atoms with E-state index in [-0.39, 0.29) is 0 Å². The van der Waals surface area contributed by atoms with Gasteiger partial charge < -0.3 is 0 Å². The van der Waals surface area contributed by atoms with Crippen LogP contribution in [-0.2, 0) is 0 Å². The molecule has 1 unspecified atom stereocenters. The lowest BCUT2D eigenvalue weighted by molar-refractivity contribution is 0.333. The molecule has 0 bridgehead atoms. The molecule has 0 saturated heterocycles. The van der Waals surface area contributed by atoms with E-state index in [0.29, 0.717) is 6.07 Å². The van der Waals surface area contributed by atoms with Gasteiger partial charge in [-0.15, -0.1) is 0 Å². The molecule has 0 aromatic heterocycles. The average molecular weight is 179 g/mol. The van der Waals surface area contributed by atoms with Gasteiger partial charge in [0.2, 0.25) is 0 Å². The van der Waals surface area contributed by atoms with Crippen LogP contribution in [0.3, 0.4) is 0 Å². The second-order valence-electron chi connectivity index (χ2n) is 2.17. The summed E-state index contributed by atoms with van der Waals surface area (Å²) in [4.78, 5) is 0. The Bertz CT molecular complexity index is 298. The zero-order valence-electron chi connectivity index (χ0n) is 5.82. The summed E-state index contributed by atoms with van der Waals surface area (Å²) in [5.74, 6) is -4.65. The molecule has 1 nitrogen and oxygen atoms in total. The molecule has 0 spiro atoms. The van der Waals surface area contributed by atoms with E-state index in [2.05, 4.69) is 5.73 Å². The molecule has 1 aromatic rings. The zero-order valence-corrected chi connectivity index (χ0v) is 5.82. The smallest absolute Gasteiger partial charge is 0.194 e. The van der Waals surface area contributed by atoms with Crippen molar-refractivity contribution in [3.05, 3.63) is 35.1 Å². The van der Waals surface area contributed by atoms with Gasteiger partial charge in [0, 0.05) is 5.56 Å². The van der Waals surface area contributed by atoms with E-state index < -0.39 is 29.3 Å². The lowest BCUT2D eigenvalue weighted by Gasteiger charge is -2.04. The summed E-state index contributed by atoms with van der Waals surface area (Å²) in [5, 5.41) is 0. The number of benzene rings is 1. The maximum absolute atomic E-state index is 12.6. The van der Waals surface area contributed by atoms with Crippen molar-refractivity contribution in [2.24, 2.45) is 5.73 Å². The van der Waals surface area contributed by atoms with E-state index in [1.807, 2.05) is 0 Å². The molecule has 66 valence electrons. The predicted molar refractivity (Wildman–Crippen MR) is 34.4 cm³/mol. The molecular weight excluding hydrogens is 174 g/mol. The fraction of sp³-hybridized carbons (Fsp3) is 0.143. The average Bonchev–Trinajstić information content (AvgIpc) is 2.00. The Balaban J connectivity index is 3.27. The normalized spacial score (nSPS) is 13.1. The zero-order chi connectivity index (χ0) is 9.30. The molecule has 2 N–H and O–H groups in total. The fourth-order valence-corrected chi connectivity index (χ4v) is 0.754. The summed E-state index contributed by atoms with van der Waals surface area (Å²) in [6, 6.07) is 1.38. The molecule has 0 aliphatic heterocycles. The van der Waals surface area contributed by atoms with Crippen molar-refractivity contribution in [1.82, 2.24) is 0 Å². The molecule has 0 aliphatic carbocycles. The molecule has 0 radical (unpaired) electrons. The van der Waals surface area contributed by atoms with Crippen molar-refractivity contribution in [2.45, 2.75) is 6.30 Å². The van der Waals surface area contributed by atoms with E-state index in [9.17, 15) is 17.6 Å². The molecule has 5 heteroatoms. The summed E-state index contributed by atoms with van der Waals surface area (Å²) in [5.41, 5.74) is 3.95. The highest BCUT2D eigenvalue weighted by Crippen LogP contribution is 2.20. The Hall–Kier alpha value is -1.10. The van der Waals surface area contributed by atoms with E-state index >= 15 is 0 Å². The maximum Gasteiger partial charge on any atom is 0.194 e. The van der Waals surface area contributed by atoms with Crippen molar-refractivity contribution >= 4 is 0 Å². The number of rotatable bonds is 1. The Morgan fingerprint density at radius 1 is 1.08 bits per heavy atom. The third kappa shape index (κ3) is 1.40. The third-order valence-electron chi connectivity index (χ3n) is 1.36. The summed E-state index contributed by atoms with van der Waals surface area (Å²) in [7, 11) is 0. The van der Waals surface area contributed by atoms with Gasteiger partial charge in [-0.3, -0.25) is 5.73 Å². The fourth-order valence-electron chi connectivity index (χ4n) is 0.754. The lowest BCUT2D eigenvalue weighted by atomic mass is 10.2. The number of halogens is 4. The molecule has 0 amide bonds. The van der Waals surface area contributed by atoms with Gasteiger partial charge in [0.15, 0.2) is 23.7 Å². The monoisotopic (exact) mass is 179 g/mol.